The van der Waals surface area contributed by atoms with Gasteiger partial charge in [-0.05, 0) is 43.4 Å². The number of benzene rings is 1. The van der Waals surface area contributed by atoms with Crippen LogP contribution in [-0.4, -0.2) is 53.3 Å². The number of aliphatic hydroxyl groups is 1. The zero-order chi connectivity index (χ0) is 19.0. The molecule has 4 rings (SSSR count). The molecule has 6 heteroatoms. The van der Waals surface area contributed by atoms with Gasteiger partial charge >= 0.3 is 0 Å². The molecule has 1 N–H and O–H groups in total. The molecule has 0 amide bonds. The summed E-state index contributed by atoms with van der Waals surface area (Å²) in [4.78, 5) is 13.3. The largest absolute Gasteiger partial charge is 0.497 e. The van der Waals surface area contributed by atoms with E-state index < -0.39 is 5.60 Å². The first-order valence-corrected chi connectivity index (χ1v) is 9.59. The van der Waals surface area contributed by atoms with Crippen LogP contribution in [0.15, 0.2) is 36.7 Å². The highest BCUT2D eigenvalue weighted by atomic mass is 16.5. The highest BCUT2D eigenvalue weighted by Crippen LogP contribution is 2.46. The number of aromatic nitrogens is 2. The Morgan fingerprint density at radius 1 is 1.11 bits per heavy atom. The van der Waals surface area contributed by atoms with E-state index in [9.17, 15) is 5.11 Å². The van der Waals surface area contributed by atoms with Crippen LogP contribution in [-0.2, 0) is 12.1 Å². The quantitative estimate of drug-likeness (QED) is 0.875. The number of ether oxygens (including phenoxy) is 1. The average molecular weight is 368 g/mol. The highest BCUT2D eigenvalue weighted by molar-refractivity contribution is 5.32. The van der Waals surface area contributed by atoms with E-state index in [0.29, 0.717) is 12.1 Å². The predicted molar refractivity (Wildman–Crippen MR) is 105 cm³/mol. The Hall–Kier alpha value is -2.18. The predicted octanol–water partition coefficient (Wildman–Crippen LogP) is 2.57. The van der Waals surface area contributed by atoms with Crippen LogP contribution in [0.25, 0.3) is 0 Å². The summed E-state index contributed by atoms with van der Waals surface area (Å²) >= 11 is 0. The highest BCUT2D eigenvalue weighted by Gasteiger charge is 2.48. The van der Waals surface area contributed by atoms with Crippen LogP contribution >= 0.6 is 0 Å². The van der Waals surface area contributed by atoms with Gasteiger partial charge < -0.3 is 14.7 Å². The summed E-state index contributed by atoms with van der Waals surface area (Å²) in [5, 5.41) is 11.4. The Morgan fingerprint density at radius 2 is 1.70 bits per heavy atom. The van der Waals surface area contributed by atoms with Crippen LogP contribution in [0.1, 0.15) is 36.8 Å². The molecule has 2 atom stereocenters. The Labute approximate surface area is 160 Å². The van der Waals surface area contributed by atoms with Gasteiger partial charge in [-0.1, -0.05) is 12.1 Å². The summed E-state index contributed by atoms with van der Waals surface area (Å²) in [5.41, 5.74) is 1.38. The van der Waals surface area contributed by atoms with Crippen LogP contribution in [0, 0.1) is 0 Å². The molecule has 2 bridgehead atoms. The maximum atomic E-state index is 11.4. The second-order valence-corrected chi connectivity index (χ2v) is 8.01. The minimum absolute atomic E-state index is 0.393. The van der Waals surface area contributed by atoms with Gasteiger partial charge in [-0.15, -0.1) is 0 Å². The molecule has 0 spiro atoms. The van der Waals surface area contributed by atoms with Gasteiger partial charge in [0.1, 0.15) is 5.75 Å². The van der Waals surface area contributed by atoms with Crippen molar-refractivity contribution in [3.05, 3.63) is 47.8 Å². The molecule has 144 valence electrons. The molecule has 2 saturated heterocycles. The molecule has 1 aromatic carbocycles. The first-order valence-electron chi connectivity index (χ1n) is 9.59. The summed E-state index contributed by atoms with van der Waals surface area (Å²) in [7, 11) is 5.55. The van der Waals surface area contributed by atoms with Crippen molar-refractivity contribution in [3.8, 4) is 5.75 Å². The third-order valence-corrected chi connectivity index (χ3v) is 6.00. The summed E-state index contributed by atoms with van der Waals surface area (Å²) in [6.45, 7) is 0.849. The standard InChI is InChI=1S/C21H28N4O2/c1-24(2)20-22-12-15(13-23-20)14-25-17-6-7-18(25)11-21(26,10-17)16-4-8-19(27-3)9-5-16/h4-5,8-9,12-13,17-18,26H,6-7,10-11,14H2,1-3H3. The number of nitrogens with zero attached hydrogens (tertiary/aromatic N) is 4. The van der Waals surface area contributed by atoms with Crippen LogP contribution in [0.2, 0.25) is 0 Å². The second-order valence-electron chi connectivity index (χ2n) is 8.01. The van der Waals surface area contributed by atoms with Crippen LogP contribution in [0.3, 0.4) is 0 Å². The van der Waals surface area contributed by atoms with Crippen molar-refractivity contribution in [2.75, 3.05) is 26.1 Å². The summed E-state index contributed by atoms with van der Waals surface area (Å²) in [6.07, 6.45) is 7.66. The van der Waals surface area contributed by atoms with Gasteiger partial charge in [-0.25, -0.2) is 9.97 Å². The van der Waals surface area contributed by atoms with Gasteiger partial charge in [0.25, 0.3) is 0 Å². The Balaban J connectivity index is 1.48. The van der Waals surface area contributed by atoms with E-state index in [2.05, 4.69) is 14.9 Å². The lowest BCUT2D eigenvalue weighted by molar-refractivity contribution is -0.0595. The summed E-state index contributed by atoms with van der Waals surface area (Å²) in [6, 6.07) is 8.66. The van der Waals surface area contributed by atoms with Gasteiger partial charge in [0.2, 0.25) is 5.95 Å². The molecule has 0 saturated carbocycles. The molecule has 2 aromatic rings. The monoisotopic (exact) mass is 368 g/mol. The van der Waals surface area contributed by atoms with Crippen molar-refractivity contribution in [3.63, 3.8) is 0 Å². The maximum absolute atomic E-state index is 11.4. The van der Waals surface area contributed by atoms with E-state index in [-0.39, 0.29) is 0 Å². The fourth-order valence-corrected chi connectivity index (χ4v) is 4.58. The maximum Gasteiger partial charge on any atom is 0.224 e. The average Bonchev–Trinajstić information content (AvgIpc) is 2.92. The molecule has 0 aliphatic carbocycles. The van der Waals surface area contributed by atoms with E-state index in [0.717, 1.165) is 55.1 Å². The van der Waals surface area contributed by atoms with Crippen molar-refractivity contribution in [2.45, 2.75) is 49.9 Å². The van der Waals surface area contributed by atoms with Crippen molar-refractivity contribution < 1.29 is 9.84 Å². The van der Waals surface area contributed by atoms with E-state index in [4.69, 9.17) is 4.74 Å². The molecule has 27 heavy (non-hydrogen) atoms. The number of piperidine rings is 1. The Bertz CT molecular complexity index is 762. The minimum atomic E-state index is -0.750. The first-order chi connectivity index (χ1) is 13.0. The molecule has 1 aromatic heterocycles. The number of rotatable bonds is 5. The Kier molecular flexibility index (Phi) is 4.78. The summed E-state index contributed by atoms with van der Waals surface area (Å²) in [5.74, 6) is 1.55. The van der Waals surface area contributed by atoms with E-state index in [1.807, 2.05) is 55.7 Å². The van der Waals surface area contributed by atoms with Crippen molar-refractivity contribution in [2.24, 2.45) is 0 Å². The van der Waals surface area contributed by atoms with Gasteiger partial charge in [-0.3, -0.25) is 4.90 Å². The molecular weight excluding hydrogens is 340 g/mol. The number of anilines is 1. The molecule has 2 unspecified atom stereocenters. The number of hydrogen-bond acceptors (Lipinski definition) is 6. The van der Waals surface area contributed by atoms with Crippen molar-refractivity contribution in [1.82, 2.24) is 14.9 Å². The van der Waals surface area contributed by atoms with Gasteiger partial charge in [-0.2, -0.15) is 0 Å². The molecule has 2 aliphatic heterocycles. The number of fused-ring (bicyclic) bond motifs is 2. The van der Waals surface area contributed by atoms with Crippen LogP contribution < -0.4 is 9.64 Å². The normalized spacial score (nSPS) is 27.6. The van der Waals surface area contributed by atoms with Crippen LogP contribution in [0.4, 0.5) is 5.95 Å². The second kappa shape index (κ2) is 7.09. The van der Waals surface area contributed by atoms with Gasteiger partial charge in [0.15, 0.2) is 0 Å². The topological polar surface area (TPSA) is 61.7 Å². The molecular formula is C21H28N4O2. The molecule has 3 heterocycles. The zero-order valence-electron chi connectivity index (χ0n) is 16.3. The van der Waals surface area contributed by atoms with Crippen molar-refractivity contribution in [1.29, 1.82) is 0 Å². The molecule has 2 aliphatic rings. The van der Waals surface area contributed by atoms with Crippen molar-refractivity contribution >= 4 is 5.95 Å². The third-order valence-electron chi connectivity index (χ3n) is 6.00. The molecule has 6 nitrogen and oxygen atoms in total. The fraction of sp³-hybridized carbons (Fsp3) is 0.524. The lowest BCUT2D eigenvalue weighted by Crippen LogP contribution is -2.49. The van der Waals surface area contributed by atoms with Gasteiger partial charge in [0, 0.05) is 50.7 Å². The fourth-order valence-electron chi connectivity index (χ4n) is 4.58. The number of hydrogen-bond donors (Lipinski definition) is 1. The van der Waals surface area contributed by atoms with E-state index in [1.54, 1.807) is 7.11 Å². The third kappa shape index (κ3) is 3.51. The molecule has 0 radical (unpaired) electrons. The van der Waals surface area contributed by atoms with E-state index in [1.165, 1.54) is 0 Å². The lowest BCUT2D eigenvalue weighted by atomic mass is 9.80. The summed E-state index contributed by atoms with van der Waals surface area (Å²) < 4.78 is 5.25. The first kappa shape index (κ1) is 18.2. The lowest BCUT2D eigenvalue weighted by Gasteiger charge is -2.44. The Morgan fingerprint density at radius 3 is 2.22 bits per heavy atom. The smallest absolute Gasteiger partial charge is 0.224 e. The zero-order valence-corrected chi connectivity index (χ0v) is 16.3. The SMILES string of the molecule is COc1ccc(C2(O)CC3CCC(C2)N3Cc2cnc(N(C)C)nc2)cc1. The van der Waals surface area contributed by atoms with Crippen LogP contribution in [0.5, 0.6) is 5.75 Å². The number of methoxy groups -OCH3 is 1. The molecule has 2 fully saturated rings. The van der Waals surface area contributed by atoms with Gasteiger partial charge in [0.05, 0.1) is 12.7 Å². The van der Waals surface area contributed by atoms with E-state index >= 15 is 0 Å². The minimum Gasteiger partial charge on any atom is -0.497 e.